The maximum absolute atomic E-state index is 9.45. The van der Waals surface area contributed by atoms with Crippen LogP contribution in [0.25, 0.3) is 0 Å². The fourth-order valence-electron chi connectivity index (χ4n) is 1.36. The lowest BCUT2D eigenvalue weighted by molar-refractivity contribution is -0.00381. The van der Waals surface area contributed by atoms with Gasteiger partial charge >= 0.3 is 0 Å². The van der Waals surface area contributed by atoms with Gasteiger partial charge in [0.15, 0.2) is 0 Å². The van der Waals surface area contributed by atoms with E-state index in [9.17, 15) is 5.11 Å². The molecule has 2 nitrogen and oxygen atoms in total. The zero-order chi connectivity index (χ0) is 7.61. The minimum absolute atomic E-state index is 0.337. The van der Waals surface area contributed by atoms with Crippen LogP contribution in [-0.2, 0) is 0 Å². The van der Waals surface area contributed by atoms with Crippen LogP contribution in [0, 0.1) is 12.3 Å². The van der Waals surface area contributed by atoms with E-state index in [0.717, 1.165) is 12.8 Å². The number of aliphatic hydroxyl groups is 2. The summed E-state index contributed by atoms with van der Waals surface area (Å²) in [6.07, 6.45) is 7.23. The molecule has 0 aromatic rings. The summed E-state index contributed by atoms with van der Waals surface area (Å²) in [5.41, 5.74) is -1.03. The van der Waals surface area contributed by atoms with Crippen molar-refractivity contribution in [3.05, 3.63) is 0 Å². The summed E-state index contributed by atoms with van der Waals surface area (Å²) < 4.78 is 0. The summed E-state index contributed by atoms with van der Waals surface area (Å²) in [7, 11) is 0. The first-order chi connectivity index (χ1) is 4.66. The van der Waals surface area contributed by atoms with Crippen LogP contribution in [0.3, 0.4) is 0 Å². The van der Waals surface area contributed by atoms with Gasteiger partial charge < -0.3 is 10.2 Å². The highest BCUT2D eigenvalue weighted by Gasteiger charge is 2.31. The minimum atomic E-state index is -1.03. The summed E-state index contributed by atoms with van der Waals surface area (Å²) in [4.78, 5) is 0. The molecule has 0 aliphatic heterocycles. The first-order valence-corrected chi connectivity index (χ1v) is 3.54. The average Bonchev–Trinajstić information content (AvgIpc) is 1.88. The van der Waals surface area contributed by atoms with Crippen molar-refractivity contribution >= 4 is 0 Å². The molecule has 2 heteroatoms. The molecule has 10 heavy (non-hydrogen) atoms. The molecule has 2 N–H and O–H groups in total. The van der Waals surface area contributed by atoms with E-state index in [-0.39, 0.29) is 0 Å². The van der Waals surface area contributed by atoms with Crippen LogP contribution in [0.5, 0.6) is 0 Å². The van der Waals surface area contributed by atoms with Crippen LogP contribution >= 0.6 is 0 Å². The Morgan fingerprint density at radius 3 is 2.70 bits per heavy atom. The number of terminal acetylenes is 1. The maximum atomic E-state index is 9.45. The van der Waals surface area contributed by atoms with Crippen molar-refractivity contribution in [2.75, 3.05) is 0 Å². The smallest absolute Gasteiger partial charge is 0.127 e. The molecule has 0 heterocycles. The second kappa shape index (κ2) is 2.61. The molecule has 1 fully saturated rings. The molecule has 0 bridgehead atoms. The first-order valence-electron chi connectivity index (χ1n) is 3.54. The van der Waals surface area contributed by atoms with Crippen LogP contribution in [0.2, 0.25) is 0 Å². The normalized spacial score (nSPS) is 40.7. The van der Waals surface area contributed by atoms with E-state index in [0.29, 0.717) is 12.8 Å². The third kappa shape index (κ3) is 1.50. The van der Waals surface area contributed by atoms with Gasteiger partial charge in [0.05, 0.1) is 6.10 Å². The van der Waals surface area contributed by atoms with Crippen molar-refractivity contribution in [1.29, 1.82) is 0 Å². The Bertz CT molecular complexity index is 159. The molecule has 0 spiro atoms. The zero-order valence-electron chi connectivity index (χ0n) is 5.88. The number of hydrogen-bond donors (Lipinski definition) is 2. The molecule has 1 saturated carbocycles. The summed E-state index contributed by atoms with van der Waals surface area (Å²) in [5, 5.41) is 18.6. The number of hydrogen-bond acceptors (Lipinski definition) is 2. The van der Waals surface area contributed by atoms with E-state index in [1.165, 1.54) is 0 Å². The Kier molecular flexibility index (Phi) is 1.98. The van der Waals surface area contributed by atoms with E-state index in [4.69, 9.17) is 11.5 Å². The van der Waals surface area contributed by atoms with Crippen molar-refractivity contribution in [3.8, 4) is 12.3 Å². The molecule has 0 unspecified atom stereocenters. The van der Waals surface area contributed by atoms with Gasteiger partial charge in [0.2, 0.25) is 0 Å². The molecule has 1 aliphatic rings. The number of aliphatic hydroxyl groups excluding tert-OH is 1. The third-order valence-electron chi connectivity index (χ3n) is 1.97. The van der Waals surface area contributed by atoms with Crippen molar-refractivity contribution in [2.45, 2.75) is 37.4 Å². The summed E-state index contributed by atoms with van der Waals surface area (Å²) >= 11 is 0. The second-order valence-electron chi connectivity index (χ2n) is 2.93. The van der Waals surface area contributed by atoms with Gasteiger partial charge in [-0.1, -0.05) is 5.92 Å². The second-order valence-corrected chi connectivity index (χ2v) is 2.93. The maximum Gasteiger partial charge on any atom is 0.127 e. The highest BCUT2D eigenvalue weighted by molar-refractivity contribution is 5.09. The van der Waals surface area contributed by atoms with Crippen LogP contribution in [0.15, 0.2) is 0 Å². The van der Waals surface area contributed by atoms with Gasteiger partial charge in [-0.3, -0.25) is 0 Å². The zero-order valence-corrected chi connectivity index (χ0v) is 5.88. The lowest BCUT2D eigenvalue weighted by Gasteiger charge is -2.29. The fraction of sp³-hybridized carbons (Fsp3) is 0.750. The van der Waals surface area contributed by atoms with Crippen LogP contribution in [0.1, 0.15) is 25.7 Å². The van der Waals surface area contributed by atoms with Gasteiger partial charge in [0, 0.05) is 6.42 Å². The molecule has 2 atom stereocenters. The molecule has 0 saturated heterocycles. The summed E-state index contributed by atoms with van der Waals surface area (Å²) in [6, 6.07) is 0. The molecular weight excluding hydrogens is 128 g/mol. The van der Waals surface area contributed by atoms with Crippen LogP contribution in [0.4, 0.5) is 0 Å². The van der Waals surface area contributed by atoms with Crippen molar-refractivity contribution in [1.82, 2.24) is 0 Å². The van der Waals surface area contributed by atoms with E-state index >= 15 is 0 Å². The predicted molar refractivity (Wildman–Crippen MR) is 38.3 cm³/mol. The molecule has 1 aliphatic carbocycles. The molecule has 0 aromatic heterocycles. The Labute approximate surface area is 60.9 Å². The molecule has 1 rings (SSSR count). The Morgan fingerprint density at radius 1 is 1.60 bits per heavy atom. The number of rotatable bonds is 0. The molecule has 0 aromatic carbocycles. The summed E-state index contributed by atoms with van der Waals surface area (Å²) in [6.45, 7) is 0. The molecule has 0 amide bonds. The Hall–Kier alpha value is -0.520. The lowest BCUT2D eigenvalue weighted by Crippen LogP contribution is -2.35. The monoisotopic (exact) mass is 140 g/mol. The van der Waals surface area contributed by atoms with E-state index < -0.39 is 11.7 Å². The highest BCUT2D eigenvalue weighted by atomic mass is 16.3. The van der Waals surface area contributed by atoms with Crippen molar-refractivity contribution in [2.24, 2.45) is 0 Å². The fourth-order valence-corrected chi connectivity index (χ4v) is 1.36. The van der Waals surface area contributed by atoms with Gasteiger partial charge in [-0.15, -0.1) is 6.42 Å². The van der Waals surface area contributed by atoms with Crippen molar-refractivity contribution in [3.63, 3.8) is 0 Å². The van der Waals surface area contributed by atoms with Gasteiger partial charge in [-0.05, 0) is 19.3 Å². The molecule has 56 valence electrons. The van der Waals surface area contributed by atoms with Gasteiger partial charge in [0.25, 0.3) is 0 Å². The average molecular weight is 140 g/mol. The van der Waals surface area contributed by atoms with Crippen LogP contribution < -0.4 is 0 Å². The van der Waals surface area contributed by atoms with Gasteiger partial charge in [-0.25, -0.2) is 0 Å². The Balaban J connectivity index is 2.56. The standard InChI is InChI=1S/C8H12O2/c1-2-8(10)5-3-4-7(9)6-8/h1,7,9-10H,3-6H2/t7-,8-/m1/s1. The molecular formula is C8H12O2. The lowest BCUT2D eigenvalue weighted by atomic mass is 9.84. The quantitative estimate of drug-likeness (QED) is 0.475. The van der Waals surface area contributed by atoms with E-state index in [2.05, 4.69) is 5.92 Å². The van der Waals surface area contributed by atoms with E-state index in [1.807, 2.05) is 0 Å². The SMILES string of the molecule is C#C[C@@]1(O)CCC[C@@H](O)C1. The largest absolute Gasteiger partial charge is 0.393 e. The predicted octanol–water partition coefficient (Wildman–Crippen LogP) is 0.286. The highest BCUT2D eigenvalue weighted by Crippen LogP contribution is 2.27. The third-order valence-corrected chi connectivity index (χ3v) is 1.97. The van der Waals surface area contributed by atoms with Crippen molar-refractivity contribution < 1.29 is 10.2 Å². The summed E-state index contributed by atoms with van der Waals surface area (Å²) in [5.74, 6) is 2.31. The van der Waals surface area contributed by atoms with Crippen LogP contribution in [-0.4, -0.2) is 21.9 Å². The Morgan fingerprint density at radius 2 is 2.30 bits per heavy atom. The first kappa shape index (κ1) is 7.59. The minimum Gasteiger partial charge on any atom is -0.393 e. The molecule has 0 radical (unpaired) electrons. The van der Waals surface area contributed by atoms with Gasteiger partial charge in [-0.2, -0.15) is 0 Å². The topological polar surface area (TPSA) is 40.5 Å². The van der Waals surface area contributed by atoms with E-state index in [1.54, 1.807) is 0 Å². The van der Waals surface area contributed by atoms with Gasteiger partial charge in [0.1, 0.15) is 5.60 Å².